The highest BCUT2D eigenvalue weighted by atomic mass is 16.5. The third kappa shape index (κ3) is 3.80. The number of ether oxygens (including phenoxy) is 1. The lowest BCUT2D eigenvalue weighted by Crippen LogP contribution is -2.55. The van der Waals surface area contributed by atoms with E-state index in [4.69, 9.17) is 4.74 Å². The molecule has 0 saturated carbocycles. The first kappa shape index (κ1) is 12.5. The molecule has 4 heteroatoms. The summed E-state index contributed by atoms with van der Waals surface area (Å²) < 4.78 is 5.07. The van der Waals surface area contributed by atoms with E-state index in [0.717, 1.165) is 19.6 Å². The zero-order chi connectivity index (χ0) is 11.4. The predicted octanol–water partition coefficient (Wildman–Crippen LogP) is 0.574. The van der Waals surface area contributed by atoms with Crippen molar-refractivity contribution in [3.63, 3.8) is 0 Å². The quantitative estimate of drug-likeness (QED) is 0.643. The van der Waals surface area contributed by atoms with Crippen LogP contribution in [-0.4, -0.2) is 61.1 Å². The lowest BCUT2D eigenvalue weighted by molar-refractivity contribution is -0.143. The molecule has 15 heavy (non-hydrogen) atoms. The zero-order valence-corrected chi connectivity index (χ0v) is 10.2. The maximum Gasteiger partial charge on any atom is 0.302 e. The van der Waals surface area contributed by atoms with Crippen LogP contribution < -0.4 is 0 Å². The lowest BCUT2D eigenvalue weighted by Gasteiger charge is -2.40. The highest BCUT2D eigenvalue weighted by molar-refractivity contribution is 5.65. The molecular weight excluding hydrogens is 192 g/mol. The summed E-state index contributed by atoms with van der Waals surface area (Å²) in [6.45, 7) is 9.51. The SMILES string of the molecule is CC(=O)OCC1CN(C(C)C)CCN1C. The minimum absolute atomic E-state index is 0.190. The number of rotatable bonds is 3. The Balaban J connectivity index is 2.42. The molecule has 1 heterocycles. The van der Waals surface area contributed by atoms with Crippen LogP contribution in [0.5, 0.6) is 0 Å². The number of esters is 1. The van der Waals surface area contributed by atoms with Gasteiger partial charge < -0.3 is 4.74 Å². The van der Waals surface area contributed by atoms with Gasteiger partial charge in [0.2, 0.25) is 0 Å². The van der Waals surface area contributed by atoms with Crippen LogP contribution >= 0.6 is 0 Å². The van der Waals surface area contributed by atoms with E-state index in [0.29, 0.717) is 18.7 Å². The molecule has 1 saturated heterocycles. The van der Waals surface area contributed by atoms with E-state index in [9.17, 15) is 4.79 Å². The Morgan fingerprint density at radius 1 is 1.47 bits per heavy atom. The van der Waals surface area contributed by atoms with Crippen LogP contribution in [-0.2, 0) is 9.53 Å². The van der Waals surface area contributed by atoms with Gasteiger partial charge in [-0.05, 0) is 20.9 Å². The smallest absolute Gasteiger partial charge is 0.302 e. The van der Waals surface area contributed by atoms with Crippen molar-refractivity contribution < 1.29 is 9.53 Å². The molecular formula is C11H22N2O2. The van der Waals surface area contributed by atoms with Gasteiger partial charge in [0.05, 0.1) is 6.04 Å². The van der Waals surface area contributed by atoms with Gasteiger partial charge in [0.15, 0.2) is 0 Å². The van der Waals surface area contributed by atoms with Crippen molar-refractivity contribution in [2.45, 2.75) is 32.9 Å². The summed E-state index contributed by atoms with van der Waals surface area (Å²) >= 11 is 0. The first-order valence-corrected chi connectivity index (χ1v) is 5.58. The molecule has 0 aromatic heterocycles. The summed E-state index contributed by atoms with van der Waals surface area (Å²) in [6, 6.07) is 0.906. The second kappa shape index (κ2) is 5.47. The first-order valence-electron chi connectivity index (χ1n) is 5.58. The first-order chi connectivity index (χ1) is 7.00. The summed E-state index contributed by atoms with van der Waals surface area (Å²) in [4.78, 5) is 15.4. The third-order valence-corrected chi connectivity index (χ3v) is 3.02. The largest absolute Gasteiger partial charge is 0.464 e. The fraction of sp³-hybridized carbons (Fsp3) is 0.909. The van der Waals surface area contributed by atoms with Crippen LogP contribution in [0.1, 0.15) is 20.8 Å². The maximum absolute atomic E-state index is 10.8. The van der Waals surface area contributed by atoms with E-state index in [1.165, 1.54) is 6.92 Å². The third-order valence-electron chi connectivity index (χ3n) is 3.02. The van der Waals surface area contributed by atoms with E-state index < -0.39 is 0 Å². The highest BCUT2D eigenvalue weighted by Gasteiger charge is 2.26. The average Bonchev–Trinajstić information content (AvgIpc) is 2.16. The van der Waals surface area contributed by atoms with E-state index in [1.54, 1.807) is 0 Å². The lowest BCUT2D eigenvalue weighted by atomic mass is 10.1. The molecule has 0 aromatic carbocycles. The highest BCUT2D eigenvalue weighted by Crippen LogP contribution is 2.10. The van der Waals surface area contributed by atoms with Gasteiger partial charge in [-0.3, -0.25) is 14.6 Å². The minimum atomic E-state index is -0.190. The monoisotopic (exact) mass is 214 g/mol. The molecule has 0 radical (unpaired) electrons. The van der Waals surface area contributed by atoms with Crippen molar-refractivity contribution in [3.8, 4) is 0 Å². The van der Waals surface area contributed by atoms with E-state index in [-0.39, 0.29) is 5.97 Å². The molecule has 1 rings (SSSR count). The standard InChI is InChI=1S/C11H22N2O2/c1-9(2)13-6-5-12(4)11(7-13)8-15-10(3)14/h9,11H,5-8H2,1-4H3. The second-order valence-corrected chi connectivity index (χ2v) is 4.53. The van der Waals surface area contributed by atoms with E-state index in [1.807, 2.05) is 0 Å². The van der Waals surface area contributed by atoms with Gasteiger partial charge in [0.1, 0.15) is 6.61 Å². The zero-order valence-electron chi connectivity index (χ0n) is 10.2. The molecule has 0 aromatic rings. The summed E-state index contributed by atoms with van der Waals surface area (Å²) in [5, 5.41) is 0. The molecule has 1 aliphatic heterocycles. The number of likely N-dealkylation sites (N-methyl/N-ethyl adjacent to an activating group) is 1. The fourth-order valence-electron chi connectivity index (χ4n) is 1.83. The van der Waals surface area contributed by atoms with Crippen LogP contribution in [0.25, 0.3) is 0 Å². The molecule has 1 unspecified atom stereocenters. The Morgan fingerprint density at radius 2 is 2.13 bits per heavy atom. The fourth-order valence-corrected chi connectivity index (χ4v) is 1.83. The number of carbonyl (C=O) groups is 1. The van der Waals surface area contributed by atoms with E-state index >= 15 is 0 Å². The normalized spacial score (nSPS) is 24.5. The van der Waals surface area contributed by atoms with Crippen molar-refractivity contribution in [1.82, 2.24) is 9.80 Å². The molecule has 0 N–H and O–H groups in total. The van der Waals surface area contributed by atoms with E-state index in [2.05, 4.69) is 30.7 Å². The topological polar surface area (TPSA) is 32.8 Å². The van der Waals surface area contributed by atoms with Crippen LogP contribution in [0, 0.1) is 0 Å². The Bertz CT molecular complexity index is 219. The molecule has 1 fully saturated rings. The summed E-state index contributed by atoms with van der Waals surface area (Å²) in [5.41, 5.74) is 0. The number of carbonyl (C=O) groups excluding carboxylic acids is 1. The van der Waals surface area contributed by atoms with Gasteiger partial charge in [-0.25, -0.2) is 0 Å². The number of hydrogen-bond donors (Lipinski definition) is 0. The van der Waals surface area contributed by atoms with Gasteiger partial charge in [0.25, 0.3) is 0 Å². The summed E-state index contributed by atoms with van der Waals surface area (Å²) in [6.07, 6.45) is 0. The molecule has 88 valence electrons. The predicted molar refractivity (Wildman–Crippen MR) is 59.8 cm³/mol. The van der Waals surface area contributed by atoms with Gasteiger partial charge in [-0.15, -0.1) is 0 Å². The van der Waals surface area contributed by atoms with Crippen molar-refractivity contribution in [3.05, 3.63) is 0 Å². The van der Waals surface area contributed by atoms with Crippen LogP contribution in [0.2, 0.25) is 0 Å². The molecule has 0 amide bonds. The molecule has 1 atom stereocenters. The van der Waals surface area contributed by atoms with Gasteiger partial charge >= 0.3 is 5.97 Å². The second-order valence-electron chi connectivity index (χ2n) is 4.53. The minimum Gasteiger partial charge on any atom is -0.464 e. The van der Waals surface area contributed by atoms with Gasteiger partial charge in [-0.1, -0.05) is 0 Å². The summed E-state index contributed by atoms with van der Waals surface area (Å²) in [7, 11) is 2.09. The Morgan fingerprint density at radius 3 is 2.67 bits per heavy atom. The van der Waals surface area contributed by atoms with Crippen molar-refractivity contribution in [2.75, 3.05) is 33.3 Å². The van der Waals surface area contributed by atoms with Crippen molar-refractivity contribution in [1.29, 1.82) is 0 Å². The Labute approximate surface area is 92.2 Å². The van der Waals surface area contributed by atoms with Crippen molar-refractivity contribution in [2.24, 2.45) is 0 Å². The molecule has 0 aliphatic carbocycles. The summed E-state index contributed by atoms with van der Waals surface area (Å²) in [5.74, 6) is -0.190. The molecule has 1 aliphatic rings. The van der Waals surface area contributed by atoms with Gasteiger partial charge in [0, 0.05) is 32.6 Å². The Hall–Kier alpha value is -0.610. The van der Waals surface area contributed by atoms with Crippen LogP contribution in [0.4, 0.5) is 0 Å². The van der Waals surface area contributed by atoms with Gasteiger partial charge in [-0.2, -0.15) is 0 Å². The molecule has 4 nitrogen and oxygen atoms in total. The maximum atomic E-state index is 10.8. The number of piperazine rings is 1. The molecule has 0 bridgehead atoms. The molecule has 0 spiro atoms. The van der Waals surface area contributed by atoms with Crippen LogP contribution in [0.15, 0.2) is 0 Å². The Kier molecular flexibility index (Phi) is 4.54. The number of hydrogen-bond acceptors (Lipinski definition) is 4. The number of nitrogens with zero attached hydrogens (tertiary/aromatic N) is 2. The average molecular weight is 214 g/mol. The van der Waals surface area contributed by atoms with Crippen LogP contribution in [0.3, 0.4) is 0 Å². The van der Waals surface area contributed by atoms with Crippen molar-refractivity contribution >= 4 is 5.97 Å².